The molecule has 18 heavy (non-hydrogen) atoms. The molecule has 1 aromatic carbocycles. The van der Waals surface area contributed by atoms with Gasteiger partial charge in [0.25, 0.3) is 5.91 Å². The first kappa shape index (κ1) is 17.4. The molecular weight excluding hydrogens is 322 g/mol. The van der Waals surface area contributed by atoms with Crippen LogP contribution in [0.1, 0.15) is 24.2 Å². The van der Waals surface area contributed by atoms with Gasteiger partial charge >= 0.3 is 0 Å². The first-order valence-corrected chi connectivity index (χ1v) is 6.30. The van der Waals surface area contributed by atoms with Gasteiger partial charge in [0.05, 0.1) is 5.56 Å². The highest BCUT2D eigenvalue weighted by atomic mass is 79.9. The molecule has 3 nitrogen and oxygen atoms in total. The fourth-order valence-electron chi connectivity index (χ4n) is 1.44. The average molecular weight is 340 g/mol. The van der Waals surface area contributed by atoms with Crippen LogP contribution in [0.15, 0.2) is 22.7 Å². The second-order valence-electron chi connectivity index (χ2n) is 3.79. The third-order valence-corrected chi connectivity index (χ3v) is 2.95. The van der Waals surface area contributed by atoms with Crippen LogP contribution in [0.5, 0.6) is 0 Å². The molecule has 0 aliphatic carbocycles. The summed E-state index contributed by atoms with van der Waals surface area (Å²) in [5.41, 5.74) is 0.440. The number of carbonyl (C=O) groups excluding carboxylic acids is 1. The van der Waals surface area contributed by atoms with Crippen molar-refractivity contribution in [2.45, 2.75) is 19.9 Å². The summed E-state index contributed by atoms with van der Waals surface area (Å²) in [6.45, 7) is 5.39. The smallest absolute Gasteiger partial charge is 0.252 e. The molecule has 0 aromatic heterocycles. The molecule has 0 unspecified atom stereocenters. The number of benzene rings is 1. The maximum absolute atomic E-state index is 12.9. The maximum atomic E-state index is 12.9. The molecule has 2 N–H and O–H groups in total. The van der Waals surface area contributed by atoms with E-state index in [9.17, 15) is 9.18 Å². The summed E-state index contributed by atoms with van der Waals surface area (Å²) in [4.78, 5) is 11.8. The quantitative estimate of drug-likeness (QED) is 0.866. The third kappa shape index (κ3) is 5.33. The molecule has 1 rings (SSSR count). The van der Waals surface area contributed by atoms with E-state index in [-0.39, 0.29) is 30.2 Å². The topological polar surface area (TPSA) is 41.1 Å². The van der Waals surface area contributed by atoms with Crippen LogP contribution in [-0.4, -0.2) is 25.0 Å². The van der Waals surface area contributed by atoms with E-state index in [1.807, 2.05) is 13.8 Å². The molecule has 0 radical (unpaired) electrons. The van der Waals surface area contributed by atoms with Crippen LogP contribution in [0.25, 0.3) is 0 Å². The number of halogens is 3. The fraction of sp³-hybridized carbons (Fsp3) is 0.417. The summed E-state index contributed by atoms with van der Waals surface area (Å²) in [5, 5.41) is 5.98. The maximum Gasteiger partial charge on any atom is 0.252 e. The lowest BCUT2D eigenvalue weighted by Gasteiger charge is -2.13. The van der Waals surface area contributed by atoms with Gasteiger partial charge in [0.15, 0.2) is 0 Å². The fourth-order valence-corrected chi connectivity index (χ4v) is 1.97. The van der Waals surface area contributed by atoms with Crippen LogP contribution in [-0.2, 0) is 0 Å². The third-order valence-electron chi connectivity index (χ3n) is 2.30. The molecule has 1 amide bonds. The predicted octanol–water partition coefficient (Wildman–Crippen LogP) is 2.74. The molecule has 1 aromatic rings. The highest BCUT2D eigenvalue weighted by Gasteiger charge is 2.11. The second-order valence-corrected chi connectivity index (χ2v) is 4.65. The van der Waals surface area contributed by atoms with Crippen molar-refractivity contribution in [2.24, 2.45) is 0 Å². The van der Waals surface area contributed by atoms with Crippen LogP contribution >= 0.6 is 28.3 Å². The summed E-state index contributed by atoms with van der Waals surface area (Å²) in [5.74, 6) is -0.573. The SMILES string of the molecule is CCN[C@H](C)CNC(=O)c1ccc(F)cc1Br.Cl. The van der Waals surface area contributed by atoms with Gasteiger partial charge in [0.2, 0.25) is 0 Å². The summed E-state index contributed by atoms with van der Waals surface area (Å²) in [7, 11) is 0. The monoisotopic (exact) mass is 338 g/mol. The van der Waals surface area contributed by atoms with E-state index in [4.69, 9.17) is 0 Å². The van der Waals surface area contributed by atoms with Gasteiger partial charge in [0.1, 0.15) is 5.82 Å². The van der Waals surface area contributed by atoms with Crippen molar-refractivity contribution in [2.75, 3.05) is 13.1 Å². The molecule has 0 fully saturated rings. The number of hydrogen-bond donors (Lipinski definition) is 2. The Bertz CT molecular complexity index is 404. The molecule has 0 heterocycles. The van der Waals surface area contributed by atoms with E-state index in [1.54, 1.807) is 0 Å². The van der Waals surface area contributed by atoms with Gasteiger partial charge in [-0.25, -0.2) is 4.39 Å². The van der Waals surface area contributed by atoms with Gasteiger partial charge < -0.3 is 10.6 Å². The first-order chi connectivity index (χ1) is 8.04. The minimum Gasteiger partial charge on any atom is -0.350 e. The number of amides is 1. The zero-order valence-corrected chi connectivity index (χ0v) is 12.7. The molecule has 0 spiro atoms. The Balaban J connectivity index is 0.00000289. The number of carbonyl (C=O) groups is 1. The lowest BCUT2D eigenvalue weighted by atomic mass is 10.2. The normalized spacial score (nSPS) is 11.6. The van der Waals surface area contributed by atoms with Crippen molar-refractivity contribution in [3.05, 3.63) is 34.1 Å². The Hall–Kier alpha value is -0.650. The molecule has 0 aliphatic rings. The minimum absolute atomic E-state index is 0. The van der Waals surface area contributed by atoms with Crippen molar-refractivity contribution < 1.29 is 9.18 Å². The Morgan fingerprint density at radius 2 is 2.17 bits per heavy atom. The van der Waals surface area contributed by atoms with Gasteiger partial charge in [-0.3, -0.25) is 4.79 Å². The van der Waals surface area contributed by atoms with Crippen molar-refractivity contribution in [3.8, 4) is 0 Å². The van der Waals surface area contributed by atoms with Crippen LogP contribution in [0.4, 0.5) is 4.39 Å². The van der Waals surface area contributed by atoms with Crippen LogP contribution in [0, 0.1) is 5.82 Å². The molecule has 1 atom stereocenters. The Morgan fingerprint density at radius 3 is 2.72 bits per heavy atom. The molecule has 6 heteroatoms. The van der Waals surface area contributed by atoms with Crippen molar-refractivity contribution >= 4 is 34.2 Å². The van der Waals surface area contributed by atoms with Gasteiger partial charge in [0, 0.05) is 17.1 Å². The van der Waals surface area contributed by atoms with E-state index in [0.717, 1.165) is 6.54 Å². The Morgan fingerprint density at radius 1 is 1.50 bits per heavy atom. The molecule has 102 valence electrons. The lowest BCUT2D eigenvalue weighted by Crippen LogP contribution is -2.38. The molecular formula is C12H17BrClFN2O. The van der Waals surface area contributed by atoms with E-state index in [1.165, 1.54) is 18.2 Å². The Labute approximate surface area is 121 Å². The van der Waals surface area contributed by atoms with Gasteiger partial charge in [-0.2, -0.15) is 0 Å². The van der Waals surface area contributed by atoms with Crippen LogP contribution in [0.3, 0.4) is 0 Å². The van der Waals surface area contributed by atoms with Crippen molar-refractivity contribution in [1.82, 2.24) is 10.6 Å². The lowest BCUT2D eigenvalue weighted by molar-refractivity contribution is 0.0949. The van der Waals surface area contributed by atoms with Crippen LogP contribution < -0.4 is 10.6 Å². The zero-order chi connectivity index (χ0) is 12.8. The second kappa shape index (κ2) is 8.45. The zero-order valence-electron chi connectivity index (χ0n) is 10.3. The van der Waals surface area contributed by atoms with Gasteiger partial charge in [-0.1, -0.05) is 6.92 Å². The average Bonchev–Trinajstić information content (AvgIpc) is 2.26. The summed E-state index contributed by atoms with van der Waals surface area (Å²) >= 11 is 3.17. The molecule has 0 saturated carbocycles. The Kier molecular flexibility index (Phi) is 8.15. The molecule has 0 bridgehead atoms. The largest absolute Gasteiger partial charge is 0.350 e. The van der Waals surface area contributed by atoms with E-state index < -0.39 is 0 Å². The van der Waals surface area contributed by atoms with Crippen molar-refractivity contribution in [1.29, 1.82) is 0 Å². The number of likely N-dealkylation sites (N-methyl/N-ethyl adjacent to an activating group) is 1. The first-order valence-electron chi connectivity index (χ1n) is 5.51. The predicted molar refractivity (Wildman–Crippen MR) is 76.8 cm³/mol. The minimum atomic E-state index is -0.366. The molecule has 0 aliphatic heterocycles. The highest BCUT2D eigenvalue weighted by molar-refractivity contribution is 9.10. The van der Waals surface area contributed by atoms with Crippen LogP contribution in [0.2, 0.25) is 0 Å². The summed E-state index contributed by atoms with van der Waals surface area (Å²) in [6.07, 6.45) is 0. The van der Waals surface area contributed by atoms with E-state index >= 15 is 0 Å². The standard InChI is InChI=1S/C12H16BrFN2O.ClH/c1-3-15-8(2)7-16-12(17)10-5-4-9(14)6-11(10)13;/h4-6,8,15H,3,7H2,1-2H3,(H,16,17);1H/t8-;/m1./s1. The number of hydrogen-bond acceptors (Lipinski definition) is 2. The van der Waals surface area contributed by atoms with Crippen molar-refractivity contribution in [3.63, 3.8) is 0 Å². The molecule has 0 saturated heterocycles. The van der Waals surface area contributed by atoms with E-state index in [0.29, 0.717) is 16.6 Å². The highest BCUT2D eigenvalue weighted by Crippen LogP contribution is 2.17. The van der Waals surface area contributed by atoms with Gasteiger partial charge in [-0.05, 0) is 47.6 Å². The number of rotatable bonds is 5. The summed E-state index contributed by atoms with van der Waals surface area (Å²) < 4.78 is 13.3. The summed E-state index contributed by atoms with van der Waals surface area (Å²) in [6, 6.07) is 4.23. The van der Waals surface area contributed by atoms with E-state index in [2.05, 4.69) is 26.6 Å². The van der Waals surface area contributed by atoms with Gasteiger partial charge in [-0.15, -0.1) is 12.4 Å². The number of nitrogens with one attached hydrogen (secondary N) is 2.